The fourth-order valence-corrected chi connectivity index (χ4v) is 3.56. The first-order chi connectivity index (χ1) is 9.59. The Kier molecular flexibility index (Phi) is 5.29. The molecule has 1 aromatic rings. The van der Waals surface area contributed by atoms with Gasteiger partial charge in [0.25, 0.3) is 0 Å². The van der Waals surface area contributed by atoms with Crippen molar-refractivity contribution in [3.8, 4) is 0 Å². The van der Waals surface area contributed by atoms with Gasteiger partial charge in [-0.3, -0.25) is 9.00 Å². The zero-order chi connectivity index (χ0) is 14.5. The summed E-state index contributed by atoms with van der Waals surface area (Å²) in [5.41, 5.74) is 0. The number of hydrogen-bond donors (Lipinski definition) is 0. The topological polar surface area (TPSA) is 37.4 Å². The summed E-state index contributed by atoms with van der Waals surface area (Å²) in [6.07, 6.45) is 4.34. The minimum Gasteiger partial charge on any atom is -0.342 e. The van der Waals surface area contributed by atoms with Crippen LogP contribution in [0.2, 0.25) is 0 Å². The zero-order valence-corrected chi connectivity index (χ0v) is 12.5. The average Bonchev–Trinajstić information content (AvgIpc) is 2.75. The summed E-state index contributed by atoms with van der Waals surface area (Å²) >= 11 is 0. The van der Waals surface area contributed by atoms with Gasteiger partial charge in [0, 0.05) is 18.0 Å². The zero-order valence-electron chi connectivity index (χ0n) is 11.7. The highest BCUT2D eigenvalue weighted by molar-refractivity contribution is 7.86. The molecule has 0 saturated carbocycles. The lowest BCUT2D eigenvalue weighted by atomic mass is 10.2. The smallest absolute Gasteiger partial charge is 0.238 e. The molecule has 1 fully saturated rings. The molecule has 0 aromatic heterocycles. The lowest BCUT2D eigenvalue weighted by molar-refractivity contribution is -0.130. The molecule has 5 heteroatoms. The molecule has 1 heterocycles. The summed E-state index contributed by atoms with van der Waals surface area (Å²) in [6, 6.07) is 5.52. The Balaban J connectivity index is 2.05. The Morgan fingerprint density at radius 1 is 1.15 bits per heavy atom. The number of rotatable bonds is 3. The van der Waals surface area contributed by atoms with Crippen molar-refractivity contribution >= 4 is 16.7 Å². The molecule has 110 valence electrons. The van der Waals surface area contributed by atoms with E-state index in [4.69, 9.17) is 0 Å². The first-order valence-corrected chi connectivity index (χ1v) is 8.26. The van der Waals surface area contributed by atoms with Crippen molar-refractivity contribution < 1.29 is 13.4 Å². The van der Waals surface area contributed by atoms with Gasteiger partial charge < -0.3 is 4.90 Å². The van der Waals surface area contributed by atoms with Gasteiger partial charge in [-0.05, 0) is 44.0 Å². The average molecular weight is 297 g/mol. The second kappa shape index (κ2) is 6.97. The highest BCUT2D eigenvalue weighted by atomic mass is 32.2. The number of halogens is 1. The van der Waals surface area contributed by atoms with Gasteiger partial charge in [-0.2, -0.15) is 0 Å². The number of likely N-dealkylation sites (tertiary alicyclic amines) is 1. The summed E-state index contributed by atoms with van der Waals surface area (Å²) in [7, 11) is -1.43. The molecule has 1 saturated heterocycles. The Labute approximate surface area is 121 Å². The van der Waals surface area contributed by atoms with Gasteiger partial charge in [0.05, 0.1) is 10.8 Å². The van der Waals surface area contributed by atoms with Gasteiger partial charge in [0.15, 0.2) is 0 Å². The number of carbonyl (C=O) groups excluding carboxylic acids is 1. The lowest BCUT2D eigenvalue weighted by Gasteiger charge is -2.23. The second-order valence-electron chi connectivity index (χ2n) is 5.13. The van der Waals surface area contributed by atoms with E-state index in [0.29, 0.717) is 4.90 Å². The minimum atomic E-state index is -1.43. The van der Waals surface area contributed by atoms with Crippen LogP contribution in [0.5, 0.6) is 0 Å². The highest BCUT2D eigenvalue weighted by Crippen LogP contribution is 2.16. The van der Waals surface area contributed by atoms with Gasteiger partial charge in [0.1, 0.15) is 11.1 Å². The number of carbonyl (C=O) groups is 1. The summed E-state index contributed by atoms with van der Waals surface area (Å²) in [5.74, 6) is -0.424. The fraction of sp³-hybridized carbons (Fsp3) is 0.533. The Bertz CT molecular complexity index is 481. The van der Waals surface area contributed by atoms with Crippen molar-refractivity contribution in [1.82, 2.24) is 4.90 Å². The van der Waals surface area contributed by atoms with E-state index in [9.17, 15) is 13.4 Å². The van der Waals surface area contributed by atoms with Gasteiger partial charge in [-0.1, -0.05) is 12.8 Å². The largest absolute Gasteiger partial charge is 0.342 e. The van der Waals surface area contributed by atoms with E-state index < -0.39 is 16.0 Å². The van der Waals surface area contributed by atoms with Crippen LogP contribution in [0.15, 0.2) is 29.2 Å². The van der Waals surface area contributed by atoms with Crippen LogP contribution in [-0.4, -0.2) is 33.4 Å². The van der Waals surface area contributed by atoms with Crippen molar-refractivity contribution in [1.29, 1.82) is 0 Å². The van der Waals surface area contributed by atoms with Crippen LogP contribution in [0.3, 0.4) is 0 Å². The van der Waals surface area contributed by atoms with Crippen LogP contribution < -0.4 is 0 Å². The van der Waals surface area contributed by atoms with E-state index in [1.165, 1.54) is 24.3 Å². The van der Waals surface area contributed by atoms with Gasteiger partial charge >= 0.3 is 0 Å². The van der Waals surface area contributed by atoms with E-state index >= 15 is 0 Å². The summed E-state index contributed by atoms with van der Waals surface area (Å²) in [5, 5.41) is -0.585. The number of nitrogens with zero attached hydrogens (tertiary/aromatic N) is 1. The Hall–Kier alpha value is -1.23. The molecule has 1 aromatic carbocycles. The molecule has 3 nitrogen and oxygen atoms in total. The highest BCUT2D eigenvalue weighted by Gasteiger charge is 2.26. The maximum absolute atomic E-state index is 12.9. The van der Waals surface area contributed by atoms with Gasteiger partial charge in [0.2, 0.25) is 5.91 Å². The lowest BCUT2D eigenvalue weighted by Crippen LogP contribution is -2.40. The molecule has 1 aliphatic heterocycles. The normalized spacial score (nSPS) is 19.2. The molecule has 0 N–H and O–H groups in total. The van der Waals surface area contributed by atoms with Crippen molar-refractivity contribution in [2.75, 3.05) is 13.1 Å². The van der Waals surface area contributed by atoms with Gasteiger partial charge in [-0.25, -0.2) is 4.39 Å². The SMILES string of the molecule is CC(C(=O)N1CCCCCC1)S(=O)c1ccc(F)cc1. The predicted molar refractivity (Wildman–Crippen MR) is 77.3 cm³/mol. The quantitative estimate of drug-likeness (QED) is 0.860. The van der Waals surface area contributed by atoms with Crippen molar-refractivity contribution in [3.05, 3.63) is 30.1 Å². The molecule has 1 aliphatic rings. The van der Waals surface area contributed by atoms with Crippen LogP contribution >= 0.6 is 0 Å². The summed E-state index contributed by atoms with van der Waals surface area (Å²) in [6.45, 7) is 3.19. The monoisotopic (exact) mass is 297 g/mol. The predicted octanol–water partition coefficient (Wildman–Crippen LogP) is 2.72. The molecule has 2 rings (SSSR count). The molecule has 2 unspecified atom stereocenters. The molecular formula is C15H20FNO2S. The molecule has 0 radical (unpaired) electrons. The molecule has 20 heavy (non-hydrogen) atoms. The summed E-state index contributed by atoms with van der Waals surface area (Å²) < 4.78 is 25.2. The van der Waals surface area contributed by atoms with Crippen LogP contribution in [0, 0.1) is 5.82 Å². The van der Waals surface area contributed by atoms with Crippen molar-refractivity contribution in [2.45, 2.75) is 42.8 Å². The van der Waals surface area contributed by atoms with Crippen LogP contribution in [0.4, 0.5) is 4.39 Å². The third-order valence-electron chi connectivity index (χ3n) is 3.63. The molecule has 1 amide bonds. The van der Waals surface area contributed by atoms with Gasteiger partial charge in [-0.15, -0.1) is 0 Å². The van der Waals surface area contributed by atoms with E-state index in [0.717, 1.165) is 38.8 Å². The second-order valence-corrected chi connectivity index (χ2v) is 6.91. The molecule has 0 spiro atoms. The fourth-order valence-electron chi connectivity index (χ4n) is 2.41. The maximum atomic E-state index is 12.9. The van der Waals surface area contributed by atoms with Crippen molar-refractivity contribution in [2.24, 2.45) is 0 Å². The maximum Gasteiger partial charge on any atom is 0.238 e. The Morgan fingerprint density at radius 3 is 2.25 bits per heavy atom. The minimum absolute atomic E-state index is 0.0606. The van der Waals surface area contributed by atoms with E-state index in [1.807, 2.05) is 4.90 Å². The molecule has 2 atom stereocenters. The van der Waals surface area contributed by atoms with E-state index in [1.54, 1.807) is 6.92 Å². The van der Waals surface area contributed by atoms with Crippen LogP contribution in [-0.2, 0) is 15.6 Å². The number of amides is 1. The standard InChI is InChI=1S/C15H20FNO2S/c1-12(15(18)17-10-4-2-3-5-11-17)20(19)14-8-6-13(16)7-9-14/h6-9,12H,2-5,10-11H2,1H3. The van der Waals surface area contributed by atoms with E-state index in [2.05, 4.69) is 0 Å². The first-order valence-electron chi connectivity index (χ1n) is 7.04. The summed E-state index contributed by atoms with van der Waals surface area (Å²) in [4.78, 5) is 14.7. The van der Waals surface area contributed by atoms with Crippen LogP contribution in [0.1, 0.15) is 32.6 Å². The third kappa shape index (κ3) is 3.66. The molecule has 0 aliphatic carbocycles. The third-order valence-corrected chi connectivity index (χ3v) is 5.21. The first kappa shape index (κ1) is 15.2. The molecule has 0 bridgehead atoms. The Morgan fingerprint density at radius 2 is 1.70 bits per heavy atom. The van der Waals surface area contributed by atoms with Crippen molar-refractivity contribution in [3.63, 3.8) is 0 Å². The number of benzene rings is 1. The number of hydrogen-bond acceptors (Lipinski definition) is 2. The van der Waals surface area contributed by atoms with E-state index in [-0.39, 0.29) is 11.7 Å². The molecular weight excluding hydrogens is 277 g/mol. The van der Waals surface area contributed by atoms with Crippen LogP contribution in [0.25, 0.3) is 0 Å².